The van der Waals surface area contributed by atoms with Crippen molar-refractivity contribution in [3.05, 3.63) is 47.3 Å². The van der Waals surface area contributed by atoms with Crippen molar-refractivity contribution < 1.29 is 17.9 Å². The molecule has 2 heterocycles. The van der Waals surface area contributed by atoms with Crippen molar-refractivity contribution in [2.75, 3.05) is 25.4 Å². The van der Waals surface area contributed by atoms with E-state index in [1.807, 2.05) is 62.7 Å². The van der Waals surface area contributed by atoms with Crippen LogP contribution in [0.15, 0.2) is 30.3 Å². The fraction of sp³-hybridized carbons (Fsp3) is 0.524. The quantitative estimate of drug-likeness (QED) is 0.714. The molecule has 8 nitrogen and oxygen atoms in total. The molecule has 2 aromatic rings. The monoisotopic (exact) mass is 434 g/mol. The van der Waals surface area contributed by atoms with Gasteiger partial charge in [-0.3, -0.25) is 4.79 Å². The maximum atomic E-state index is 12.6. The second kappa shape index (κ2) is 9.28. The molecular formula is C21H30N4O4S. The van der Waals surface area contributed by atoms with Gasteiger partial charge in [0, 0.05) is 30.9 Å². The molecular weight excluding hydrogens is 404 g/mol. The van der Waals surface area contributed by atoms with Crippen LogP contribution in [-0.2, 0) is 26.0 Å². The molecule has 1 aliphatic rings. The Bertz CT molecular complexity index is 978. The minimum atomic E-state index is -3.44. The number of para-hydroxylation sites is 1. The lowest BCUT2D eigenvalue weighted by atomic mass is 10.1. The van der Waals surface area contributed by atoms with Crippen molar-refractivity contribution >= 4 is 15.9 Å². The zero-order valence-corrected chi connectivity index (χ0v) is 18.8. The predicted molar refractivity (Wildman–Crippen MR) is 115 cm³/mol. The highest BCUT2D eigenvalue weighted by Gasteiger charge is 2.30. The molecule has 2 unspecified atom stereocenters. The Morgan fingerprint density at radius 3 is 2.43 bits per heavy atom. The Labute approximate surface area is 178 Å². The normalized spacial score (nSPS) is 20.3. The maximum Gasteiger partial charge on any atom is 0.224 e. The zero-order chi connectivity index (χ0) is 21.9. The SMILES string of the molecule is Cc1nn(-c2ccccc2)c(C)c1CC(=O)NCCS(=O)(=O)N1CC(C)OC(C)C1. The van der Waals surface area contributed by atoms with Gasteiger partial charge in [-0.15, -0.1) is 0 Å². The fourth-order valence-corrected chi connectivity index (χ4v) is 5.27. The number of nitrogens with one attached hydrogen (secondary N) is 1. The number of rotatable bonds is 7. The van der Waals surface area contributed by atoms with Crippen molar-refractivity contribution in [3.8, 4) is 5.69 Å². The first kappa shape index (κ1) is 22.5. The van der Waals surface area contributed by atoms with Gasteiger partial charge in [0.25, 0.3) is 0 Å². The summed E-state index contributed by atoms with van der Waals surface area (Å²) in [5, 5.41) is 7.29. The van der Waals surface area contributed by atoms with Gasteiger partial charge in [0.15, 0.2) is 0 Å². The Morgan fingerprint density at radius 2 is 1.80 bits per heavy atom. The summed E-state index contributed by atoms with van der Waals surface area (Å²) in [4.78, 5) is 12.5. The molecule has 0 aliphatic carbocycles. The number of morpholine rings is 1. The number of aromatic nitrogens is 2. The third-order valence-electron chi connectivity index (χ3n) is 5.24. The van der Waals surface area contributed by atoms with Crippen LogP contribution in [0.4, 0.5) is 0 Å². The Hall–Kier alpha value is -2.23. The number of amides is 1. The molecule has 0 radical (unpaired) electrons. The van der Waals surface area contributed by atoms with Crippen molar-refractivity contribution in [1.29, 1.82) is 0 Å². The van der Waals surface area contributed by atoms with E-state index in [4.69, 9.17) is 4.74 Å². The summed E-state index contributed by atoms with van der Waals surface area (Å²) >= 11 is 0. The first-order valence-electron chi connectivity index (χ1n) is 10.2. The van der Waals surface area contributed by atoms with E-state index in [1.54, 1.807) is 0 Å². The number of carbonyl (C=O) groups excluding carboxylic acids is 1. The van der Waals surface area contributed by atoms with Crippen LogP contribution < -0.4 is 5.32 Å². The van der Waals surface area contributed by atoms with Gasteiger partial charge in [-0.05, 0) is 39.8 Å². The van der Waals surface area contributed by atoms with E-state index < -0.39 is 10.0 Å². The summed E-state index contributed by atoms with van der Waals surface area (Å²) in [5.74, 6) is -0.341. The van der Waals surface area contributed by atoms with Gasteiger partial charge >= 0.3 is 0 Å². The summed E-state index contributed by atoms with van der Waals surface area (Å²) in [6, 6.07) is 9.74. The first-order valence-corrected chi connectivity index (χ1v) is 11.8. The number of hydrogen-bond acceptors (Lipinski definition) is 5. The average Bonchev–Trinajstić information content (AvgIpc) is 2.96. The fourth-order valence-electron chi connectivity index (χ4n) is 3.78. The summed E-state index contributed by atoms with van der Waals surface area (Å²) in [6.45, 7) is 8.29. The topological polar surface area (TPSA) is 93.5 Å². The van der Waals surface area contributed by atoms with Crippen LogP contribution in [-0.4, -0.2) is 66.0 Å². The standard InChI is InChI=1S/C21H30N4O4S/c1-15-13-24(14-16(2)29-15)30(27,28)11-10-22-21(26)12-20-17(3)23-25(18(20)4)19-8-6-5-7-9-19/h5-9,15-16H,10-14H2,1-4H3,(H,22,26). The highest BCUT2D eigenvalue weighted by atomic mass is 32.2. The van der Waals surface area contributed by atoms with Crippen LogP contribution in [0.2, 0.25) is 0 Å². The van der Waals surface area contributed by atoms with E-state index in [-0.39, 0.29) is 36.8 Å². The van der Waals surface area contributed by atoms with Crippen molar-refractivity contribution in [1.82, 2.24) is 19.4 Å². The average molecular weight is 435 g/mol. The van der Waals surface area contributed by atoms with Crippen LogP contribution in [0.5, 0.6) is 0 Å². The summed E-state index contributed by atoms with van der Waals surface area (Å²) in [7, 11) is -3.44. The third kappa shape index (κ3) is 5.27. The molecule has 2 atom stereocenters. The molecule has 9 heteroatoms. The molecule has 1 aliphatic heterocycles. The zero-order valence-electron chi connectivity index (χ0n) is 18.0. The number of nitrogens with zero attached hydrogens (tertiary/aromatic N) is 3. The number of aryl methyl sites for hydroxylation is 1. The minimum absolute atomic E-state index is 0.0756. The maximum absolute atomic E-state index is 12.6. The van der Waals surface area contributed by atoms with Gasteiger partial charge in [0.05, 0.1) is 35.8 Å². The summed E-state index contributed by atoms with van der Waals surface area (Å²) in [5.41, 5.74) is 3.48. The van der Waals surface area contributed by atoms with E-state index in [9.17, 15) is 13.2 Å². The number of hydrogen-bond donors (Lipinski definition) is 1. The third-order valence-corrected chi connectivity index (χ3v) is 7.05. The van der Waals surface area contributed by atoms with Crippen LogP contribution in [0.1, 0.15) is 30.8 Å². The van der Waals surface area contributed by atoms with Crippen LogP contribution in [0.25, 0.3) is 5.69 Å². The van der Waals surface area contributed by atoms with E-state index >= 15 is 0 Å². The van der Waals surface area contributed by atoms with Gasteiger partial charge in [-0.25, -0.2) is 13.1 Å². The summed E-state index contributed by atoms with van der Waals surface area (Å²) in [6.07, 6.45) is -0.105. The van der Waals surface area contributed by atoms with E-state index in [0.717, 1.165) is 22.6 Å². The molecule has 30 heavy (non-hydrogen) atoms. The number of sulfonamides is 1. The largest absolute Gasteiger partial charge is 0.373 e. The first-order chi connectivity index (χ1) is 14.2. The Balaban J connectivity index is 1.57. The van der Waals surface area contributed by atoms with Gasteiger partial charge in [-0.1, -0.05) is 18.2 Å². The second-order valence-corrected chi connectivity index (χ2v) is 9.90. The lowest BCUT2D eigenvalue weighted by Gasteiger charge is -2.34. The summed E-state index contributed by atoms with van der Waals surface area (Å²) < 4.78 is 34.1. The number of ether oxygens (including phenoxy) is 1. The van der Waals surface area contributed by atoms with Crippen molar-refractivity contribution in [3.63, 3.8) is 0 Å². The van der Waals surface area contributed by atoms with Crippen LogP contribution in [0, 0.1) is 13.8 Å². The van der Waals surface area contributed by atoms with E-state index in [0.29, 0.717) is 13.1 Å². The molecule has 1 amide bonds. The molecule has 1 saturated heterocycles. The smallest absolute Gasteiger partial charge is 0.224 e. The van der Waals surface area contributed by atoms with Gasteiger partial charge in [0.1, 0.15) is 0 Å². The Morgan fingerprint density at radius 1 is 1.17 bits per heavy atom. The molecule has 3 rings (SSSR count). The highest BCUT2D eigenvalue weighted by Crippen LogP contribution is 2.18. The number of benzene rings is 1. The van der Waals surface area contributed by atoms with E-state index in [1.165, 1.54) is 4.31 Å². The molecule has 0 spiro atoms. The predicted octanol–water partition coefficient (Wildman–Crippen LogP) is 1.59. The van der Waals surface area contributed by atoms with Crippen LogP contribution >= 0.6 is 0 Å². The molecule has 1 N–H and O–H groups in total. The molecule has 0 saturated carbocycles. The lowest BCUT2D eigenvalue weighted by Crippen LogP contribution is -2.49. The Kier molecular flexibility index (Phi) is 6.95. The molecule has 1 aromatic carbocycles. The van der Waals surface area contributed by atoms with E-state index in [2.05, 4.69) is 10.4 Å². The van der Waals surface area contributed by atoms with Gasteiger partial charge < -0.3 is 10.1 Å². The minimum Gasteiger partial charge on any atom is -0.373 e. The highest BCUT2D eigenvalue weighted by molar-refractivity contribution is 7.89. The second-order valence-electron chi connectivity index (χ2n) is 7.81. The number of carbonyl (C=O) groups is 1. The molecule has 1 fully saturated rings. The van der Waals surface area contributed by atoms with Crippen LogP contribution in [0.3, 0.4) is 0 Å². The van der Waals surface area contributed by atoms with Crippen molar-refractivity contribution in [2.45, 2.75) is 46.3 Å². The van der Waals surface area contributed by atoms with Gasteiger partial charge in [-0.2, -0.15) is 9.40 Å². The van der Waals surface area contributed by atoms with Crippen molar-refractivity contribution in [2.24, 2.45) is 0 Å². The molecule has 1 aromatic heterocycles. The van der Waals surface area contributed by atoms with Gasteiger partial charge in [0.2, 0.25) is 15.9 Å². The molecule has 164 valence electrons. The lowest BCUT2D eigenvalue weighted by molar-refractivity contribution is -0.120. The molecule has 0 bridgehead atoms.